The van der Waals surface area contributed by atoms with E-state index in [-0.39, 0.29) is 11.4 Å². The number of hydrogen-bond donors (Lipinski definition) is 1. The molecular weight excluding hydrogens is 227 g/mol. The van der Waals surface area contributed by atoms with E-state index in [4.69, 9.17) is 5.26 Å². The minimum atomic E-state index is -0.691. The smallest absolute Gasteiger partial charge is 0.332 e. The summed E-state index contributed by atoms with van der Waals surface area (Å²) in [4.78, 5) is 23.3. The maximum Gasteiger partial charge on any atom is 0.332 e. The standard InChI is InChI=1S/C10H13FN4O2/c1-6(4-11)13-8-7(5-12)9(16)15(3)10(17)14(8)2/h6,13H,4H2,1-3H3. The van der Waals surface area contributed by atoms with Gasteiger partial charge in [-0.1, -0.05) is 0 Å². The van der Waals surface area contributed by atoms with Crippen LogP contribution in [0, 0.1) is 11.3 Å². The van der Waals surface area contributed by atoms with Gasteiger partial charge in [-0.2, -0.15) is 5.26 Å². The molecule has 0 saturated carbocycles. The van der Waals surface area contributed by atoms with Gasteiger partial charge in [-0.3, -0.25) is 13.9 Å². The first-order chi connectivity index (χ1) is 7.93. The highest BCUT2D eigenvalue weighted by Gasteiger charge is 2.16. The minimum absolute atomic E-state index is 0.0470. The van der Waals surface area contributed by atoms with Crippen LogP contribution >= 0.6 is 0 Å². The summed E-state index contributed by atoms with van der Waals surface area (Å²) >= 11 is 0. The largest absolute Gasteiger partial charge is 0.365 e. The lowest BCUT2D eigenvalue weighted by Gasteiger charge is -2.16. The van der Waals surface area contributed by atoms with Crippen molar-refractivity contribution in [3.05, 3.63) is 26.4 Å². The van der Waals surface area contributed by atoms with E-state index in [1.54, 1.807) is 13.0 Å². The van der Waals surface area contributed by atoms with Crippen molar-refractivity contribution >= 4 is 5.82 Å². The Labute approximate surface area is 96.9 Å². The number of aromatic nitrogens is 2. The number of halogens is 1. The number of nitriles is 1. The Bertz CT molecular complexity index is 582. The molecule has 1 aromatic rings. The lowest BCUT2D eigenvalue weighted by Crippen LogP contribution is -2.40. The highest BCUT2D eigenvalue weighted by Crippen LogP contribution is 2.08. The van der Waals surface area contributed by atoms with E-state index in [2.05, 4.69) is 5.32 Å². The molecule has 1 atom stereocenters. The van der Waals surface area contributed by atoms with Gasteiger partial charge in [-0.15, -0.1) is 0 Å². The maximum atomic E-state index is 12.4. The van der Waals surface area contributed by atoms with Gasteiger partial charge in [0.25, 0.3) is 5.56 Å². The summed E-state index contributed by atoms with van der Waals surface area (Å²) in [6, 6.07) is 1.14. The van der Waals surface area contributed by atoms with E-state index >= 15 is 0 Å². The van der Waals surface area contributed by atoms with Crippen LogP contribution in [0.1, 0.15) is 12.5 Å². The molecule has 1 aromatic heterocycles. The third-order valence-electron chi connectivity index (χ3n) is 2.39. The van der Waals surface area contributed by atoms with Crippen LogP contribution in [0.5, 0.6) is 0 Å². The van der Waals surface area contributed by atoms with E-state index < -0.39 is 24.0 Å². The second-order valence-electron chi connectivity index (χ2n) is 3.74. The van der Waals surface area contributed by atoms with E-state index in [1.165, 1.54) is 14.1 Å². The molecule has 0 aliphatic heterocycles. The molecule has 7 heteroatoms. The number of alkyl halides is 1. The molecule has 1 unspecified atom stereocenters. The van der Waals surface area contributed by atoms with Gasteiger partial charge >= 0.3 is 5.69 Å². The lowest BCUT2D eigenvalue weighted by atomic mass is 10.3. The molecule has 0 spiro atoms. The first-order valence-electron chi connectivity index (χ1n) is 4.96. The van der Waals surface area contributed by atoms with E-state index in [0.29, 0.717) is 0 Å². The molecule has 0 aliphatic rings. The molecule has 0 aromatic carbocycles. The van der Waals surface area contributed by atoms with Crippen LogP contribution in [0.3, 0.4) is 0 Å². The van der Waals surface area contributed by atoms with Crippen molar-refractivity contribution < 1.29 is 4.39 Å². The normalized spacial score (nSPS) is 11.9. The quantitative estimate of drug-likeness (QED) is 0.788. The number of hydrogen-bond acceptors (Lipinski definition) is 4. The fourth-order valence-corrected chi connectivity index (χ4v) is 1.39. The Balaban J connectivity index is 3.55. The summed E-state index contributed by atoms with van der Waals surface area (Å²) in [5, 5.41) is 11.6. The molecule has 92 valence electrons. The van der Waals surface area contributed by atoms with Crippen LogP contribution in [-0.2, 0) is 14.1 Å². The van der Waals surface area contributed by atoms with Crippen molar-refractivity contribution in [3.63, 3.8) is 0 Å². The highest BCUT2D eigenvalue weighted by atomic mass is 19.1. The third-order valence-corrected chi connectivity index (χ3v) is 2.39. The lowest BCUT2D eigenvalue weighted by molar-refractivity contribution is 0.458. The average molecular weight is 240 g/mol. The van der Waals surface area contributed by atoms with Crippen LogP contribution in [0.15, 0.2) is 9.59 Å². The van der Waals surface area contributed by atoms with Gasteiger partial charge in [-0.25, -0.2) is 9.18 Å². The van der Waals surface area contributed by atoms with Crippen molar-refractivity contribution in [2.24, 2.45) is 14.1 Å². The molecule has 0 fully saturated rings. The Morgan fingerprint density at radius 2 is 2.00 bits per heavy atom. The van der Waals surface area contributed by atoms with Gasteiger partial charge in [0, 0.05) is 14.1 Å². The zero-order chi connectivity index (χ0) is 13.2. The Morgan fingerprint density at radius 1 is 1.41 bits per heavy atom. The van der Waals surface area contributed by atoms with Gasteiger partial charge in [0.05, 0.1) is 6.04 Å². The minimum Gasteiger partial charge on any atom is -0.365 e. The van der Waals surface area contributed by atoms with Crippen LogP contribution < -0.4 is 16.6 Å². The molecule has 1 N–H and O–H groups in total. The molecule has 0 aliphatic carbocycles. The number of rotatable bonds is 3. The second kappa shape index (κ2) is 4.82. The molecule has 17 heavy (non-hydrogen) atoms. The summed E-state index contributed by atoms with van der Waals surface area (Å²) in [6.45, 7) is 0.872. The molecule has 0 saturated heterocycles. The van der Waals surface area contributed by atoms with Gasteiger partial charge in [0.2, 0.25) is 0 Å². The summed E-state index contributed by atoms with van der Waals surface area (Å²) in [5.41, 5.74) is -1.46. The Hall–Kier alpha value is -2.10. The fraction of sp³-hybridized carbons (Fsp3) is 0.500. The van der Waals surface area contributed by atoms with E-state index in [1.807, 2.05) is 0 Å². The van der Waals surface area contributed by atoms with Gasteiger partial charge in [0.1, 0.15) is 18.6 Å². The predicted molar refractivity (Wildman–Crippen MR) is 60.7 cm³/mol. The number of anilines is 1. The van der Waals surface area contributed by atoms with Crippen molar-refractivity contribution in [2.75, 3.05) is 12.0 Å². The molecule has 0 bridgehead atoms. The zero-order valence-electron chi connectivity index (χ0n) is 9.82. The summed E-state index contributed by atoms with van der Waals surface area (Å²) in [7, 11) is 2.70. The summed E-state index contributed by atoms with van der Waals surface area (Å²) in [6.07, 6.45) is 0. The Kier molecular flexibility index (Phi) is 3.68. The van der Waals surface area contributed by atoms with Crippen LogP contribution in [-0.4, -0.2) is 21.9 Å². The fourth-order valence-electron chi connectivity index (χ4n) is 1.39. The second-order valence-corrected chi connectivity index (χ2v) is 3.74. The predicted octanol–water partition coefficient (Wildman–Crippen LogP) is -0.274. The van der Waals surface area contributed by atoms with E-state index in [0.717, 1.165) is 9.13 Å². The van der Waals surface area contributed by atoms with Gasteiger partial charge in [0.15, 0.2) is 5.56 Å². The first-order valence-corrected chi connectivity index (χ1v) is 4.96. The molecule has 6 nitrogen and oxygen atoms in total. The van der Waals surface area contributed by atoms with Crippen LogP contribution in [0.4, 0.5) is 10.2 Å². The molecular formula is C10H13FN4O2. The number of nitrogens with zero attached hydrogens (tertiary/aromatic N) is 3. The van der Waals surface area contributed by atoms with Crippen molar-refractivity contribution in [2.45, 2.75) is 13.0 Å². The molecule has 0 radical (unpaired) electrons. The SMILES string of the molecule is CC(CF)Nc1c(C#N)c(=O)n(C)c(=O)n1C. The molecule has 1 rings (SSSR count). The highest BCUT2D eigenvalue weighted by molar-refractivity contribution is 5.51. The summed E-state index contributed by atoms with van der Waals surface area (Å²) < 4.78 is 14.4. The first kappa shape index (κ1) is 13.0. The third kappa shape index (κ3) is 2.20. The monoisotopic (exact) mass is 240 g/mol. The van der Waals surface area contributed by atoms with Gasteiger partial charge < -0.3 is 5.32 Å². The Morgan fingerprint density at radius 3 is 2.47 bits per heavy atom. The van der Waals surface area contributed by atoms with Gasteiger partial charge in [-0.05, 0) is 6.92 Å². The average Bonchev–Trinajstić information content (AvgIpc) is 2.33. The van der Waals surface area contributed by atoms with Crippen LogP contribution in [0.2, 0.25) is 0 Å². The van der Waals surface area contributed by atoms with Crippen LogP contribution in [0.25, 0.3) is 0 Å². The molecule has 1 heterocycles. The van der Waals surface area contributed by atoms with Crippen molar-refractivity contribution in [3.8, 4) is 6.07 Å². The maximum absolute atomic E-state index is 12.4. The number of nitrogens with one attached hydrogen (secondary N) is 1. The van der Waals surface area contributed by atoms with E-state index in [9.17, 15) is 14.0 Å². The zero-order valence-corrected chi connectivity index (χ0v) is 9.82. The topological polar surface area (TPSA) is 79.8 Å². The summed E-state index contributed by atoms with van der Waals surface area (Å²) in [5.74, 6) is 0.0470. The van der Waals surface area contributed by atoms with Crippen molar-refractivity contribution in [1.29, 1.82) is 5.26 Å². The van der Waals surface area contributed by atoms with Crippen molar-refractivity contribution in [1.82, 2.24) is 9.13 Å². The molecule has 0 amide bonds.